The van der Waals surface area contributed by atoms with Gasteiger partial charge in [-0.15, -0.1) is 0 Å². The highest BCUT2D eigenvalue weighted by Crippen LogP contribution is 2.40. The lowest BCUT2D eigenvalue weighted by Gasteiger charge is -2.16. The van der Waals surface area contributed by atoms with E-state index in [1.54, 1.807) is 0 Å². The van der Waals surface area contributed by atoms with E-state index >= 15 is 0 Å². The summed E-state index contributed by atoms with van der Waals surface area (Å²) in [6.45, 7) is 0. The lowest BCUT2D eigenvalue weighted by Crippen LogP contribution is -2.15. The maximum Gasteiger partial charge on any atom is 0.420 e. The molecule has 0 amide bonds. The van der Waals surface area contributed by atoms with Crippen LogP contribution in [-0.2, 0) is 6.18 Å². The van der Waals surface area contributed by atoms with Crippen LogP contribution >= 0.6 is 0 Å². The Hall–Kier alpha value is -2.18. The van der Waals surface area contributed by atoms with E-state index in [0.717, 1.165) is 0 Å². The summed E-state index contributed by atoms with van der Waals surface area (Å²) in [6.07, 6.45) is -0.522. The van der Waals surface area contributed by atoms with Crippen molar-refractivity contribution < 1.29 is 13.2 Å². The molecule has 7 heteroatoms. The van der Waals surface area contributed by atoms with E-state index in [1.807, 2.05) is 0 Å². The summed E-state index contributed by atoms with van der Waals surface area (Å²) in [6, 6.07) is 2.59. The van der Waals surface area contributed by atoms with Gasteiger partial charge in [0.15, 0.2) is 0 Å². The van der Waals surface area contributed by atoms with Gasteiger partial charge in [0.2, 0.25) is 0 Å². The van der Waals surface area contributed by atoms with Gasteiger partial charge in [-0.3, -0.25) is 0 Å². The van der Waals surface area contributed by atoms with Crippen LogP contribution < -0.4 is 11.5 Å². The first-order chi connectivity index (χ1) is 7.91. The van der Waals surface area contributed by atoms with E-state index in [9.17, 15) is 13.2 Å². The quantitative estimate of drug-likeness (QED) is 0.752. The van der Waals surface area contributed by atoms with Crippen molar-refractivity contribution in [1.29, 1.82) is 0 Å². The smallest absolute Gasteiger partial charge is 0.397 e. The zero-order valence-electron chi connectivity index (χ0n) is 8.57. The van der Waals surface area contributed by atoms with Crippen LogP contribution in [-0.4, -0.2) is 9.55 Å². The average molecular weight is 242 g/mol. The summed E-state index contributed by atoms with van der Waals surface area (Å²) < 4.78 is 40.0. The lowest BCUT2D eigenvalue weighted by atomic mass is 10.1. The molecule has 0 radical (unpaired) electrons. The first-order valence-corrected chi connectivity index (χ1v) is 4.64. The van der Waals surface area contributed by atoms with Gasteiger partial charge in [-0.05, 0) is 12.1 Å². The summed E-state index contributed by atoms with van der Waals surface area (Å²) in [7, 11) is 0. The van der Waals surface area contributed by atoms with Gasteiger partial charge >= 0.3 is 6.18 Å². The van der Waals surface area contributed by atoms with Gasteiger partial charge in [-0.25, -0.2) is 4.98 Å². The maximum atomic E-state index is 12.9. The Morgan fingerprint density at radius 3 is 2.41 bits per heavy atom. The number of alkyl halides is 3. The number of nitrogen functional groups attached to an aromatic ring is 2. The van der Waals surface area contributed by atoms with Crippen molar-refractivity contribution >= 4 is 11.4 Å². The molecule has 0 fully saturated rings. The Balaban J connectivity index is 2.73. The van der Waals surface area contributed by atoms with Crippen molar-refractivity contribution in [1.82, 2.24) is 9.55 Å². The van der Waals surface area contributed by atoms with E-state index in [4.69, 9.17) is 11.5 Å². The maximum absolute atomic E-state index is 12.9. The third kappa shape index (κ3) is 1.91. The molecule has 1 heterocycles. The van der Waals surface area contributed by atoms with E-state index < -0.39 is 17.4 Å². The van der Waals surface area contributed by atoms with Gasteiger partial charge in [-0.1, -0.05) is 0 Å². The number of hydrogen-bond acceptors (Lipinski definition) is 3. The number of aromatic nitrogens is 2. The standard InChI is InChI=1S/C10H9F3N4/c11-10(12,13)8-7(17-4-3-16-5-17)2-1-6(14)9(8)15/h1-5H,14-15H2. The summed E-state index contributed by atoms with van der Waals surface area (Å²) >= 11 is 0. The van der Waals surface area contributed by atoms with Crippen LogP contribution in [0.5, 0.6) is 0 Å². The predicted octanol–water partition coefficient (Wildman–Crippen LogP) is 2.06. The van der Waals surface area contributed by atoms with Crippen molar-refractivity contribution in [3.05, 3.63) is 36.4 Å². The van der Waals surface area contributed by atoms with Gasteiger partial charge in [-0.2, -0.15) is 13.2 Å². The zero-order valence-corrected chi connectivity index (χ0v) is 8.57. The van der Waals surface area contributed by atoms with Crippen LogP contribution in [0.3, 0.4) is 0 Å². The third-order valence-corrected chi connectivity index (χ3v) is 2.32. The van der Waals surface area contributed by atoms with Crippen LogP contribution in [0.25, 0.3) is 5.69 Å². The topological polar surface area (TPSA) is 69.9 Å². The first kappa shape index (κ1) is 11.3. The highest BCUT2D eigenvalue weighted by atomic mass is 19.4. The van der Waals surface area contributed by atoms with Crippen LogP contribution in [0.15, 0.2) is 30.9 Å². The molecule has 17 heavy (non-hydrogen) atoms. The fraction of sp³-hybridized carbons (Fsp3) is 0.100. The molecule has 0 unspecified atom stereocenters. The lowest BCUT2D eigenvalue weighted by molar-refractivity contribution is -0.136. The summed E-state index contributed by atoms with van der Waals surface area (Å²) in [4.78, 5) is 3.70. The number of nitrogens with zero attached hydrogens (tertiary/aromatic N) is 2. The van der Waals surface area contributed by atoms with Gasteiger partial charge in [0, 0.05) is 12.4 Å². The number of imidazole rings is 1. The molecule has 4 N–H and O–H groups in total. The van der Waals surface area contributed by atoms with E-state index in [0.29, 0.717) is 0 Å². The van der Waals surface area contributed by atoms with Gasteiger partial charge in [0.05, 0.1) is 23.4 Å². The molecule has 0 atom stereocenters. The van der Waals surface area contributed by atoms with Crippen molar-refractivity contribution in [2.24, 2.45) is 0 Å². The summed E-state index contributed by atoms with van der Waals surface area (Å²) in [5.74, 6) is 0. The third-order valence-electron chi connectivity index (χ3n) is 2.32. The SMILES string of the molecule is Nc1ccc(-n2ccnc2)c(C(F)(F)F)c1N. The normalized spacial score (nSPS) is 11.7. The molecule has 4 nitrogen and oxygen atoms in total. The predicted molar refractivity (Wildman–Crippen MR) is 57.4 cm³/mol. The van der Waals surface area contributed by atoms with E-state index in [1.165, 1.54) is 35.4 Å². The van der Waals surface area contributed by atoms with E-state index in [-0.39, 0.29) is 11.4 Å². The van der Waals surface area contributed by atoms with Crippen molar-refractivity contribution in [3.63, 3.8) is 0 Å². The Bertz CT molecular complexity index is 531. The van der Waals surface area contributed by atoms with Crippen molar-refractivity contribution in [2.75, 3.05) is 11.5 Å². The minimum atomic E-state index is -4.57. The molecule has 1 aromatic heterocycles. The van der Waals surface area contributed by atoms with Crippen molar-refractivity contribution in [3.8, 4) is 5.69 Å². The molecule has 0 saturated carbocycles. The monoisotopic (exact) mass is 242 g/mol. The Morgan fingerprint density at radius 2 is 1.88 bits per heavy atom. The Morgan fingerprint density at radius 1 is 1.18 bits per heavy atom. The molecule has 0 aliphatic rings. The molecule has 90 valence electrons. The summed E-state index contributed by atoms with van der Waals surface area (Å²) in [5.41, 5.74) is 9.18. The first-order valence-electron chi connectivity index (χ1n) is 4.64. The van der Waals surface area contributed by atoms with Crippen LogP contribution in [0.1, 0.15) is 5.56 Å². The zero-order chi connectivity index (χ0) is 12.6. The largest absolute Gasteiger partial charge is 0.420 e. The van der Waals surface area contributed by atoms with Crippen LogP contribution in [0.4, 0.5) is 24.5 Å². The molecule has 0 saturated heterocycles. The number of halogens is 3. The molecule has 0 aliphatic heterocycles. The second kappa shape index (κ2) is 3.69. The fourth-order valence-electron chi connectivity index (χ4n) is 1.54. The average Bonchev–Trinajstić information content (AvgIpc) is 2.73. The van der Waals surface area contributed by atoms with Gasteiger partial charge in [0.25, 0.3) is 0 Å². The van der Waals surface area contributed by atoms with Crippen LogP contribution in [0.2, 0.25) is 0 Å². The number of nitrogens with two attached hydrogens (primary N) is 2. The highest BCUT2D eigenvalue weighted by molar-refractivity contribution is 5.73. The second-order valence-electron chi connectivity index (χ2n) is 3.43. The number of benzene rings is 1. The Labute approximate surface area is 94.7 Å². The molecule has 2 rings (SSSR count). The van der Waals surface area contributed by atoms with Crippen LogP contribution in [0, 0.1) is 0 Å². The molecule has 0 aliphatic carbocycles. The molecular weight excluding hydrogens is 233 g/mol. The minimum Gasteiger partial charge on any atom is -0.397 e. The molecule has 0 bridgehead atoms. The minimum absolute atomic E-state index is 0.0956. The van der Waals surface area contributed by atoms with Crippen molar-refractivity contribution in [2.45, 2.75) is 6.18 Å². The summed E-state index contributed by atoms with van der Waals surface area (Å²) in [5, 5.41) is 0. The highest BCUT2D eigenvalue weighted by Gasteiger charge is 2.37. The molecular formula is C10H9F3N4. The molecule has 1 aromatic carbocycles. The number of hydrogen-bond donors (Lipinski definition) is 2. The van der Waals surface area contributed by atoms with Gasteiger partial charge < -0.3 is 16.0 Å². The fourth-order valence-corrected chi connectivity index (χ4v) is 1.54. The van der Waals surface area contributed by atoms with E-state index in [2.05, 4.69) is 4.98 Å². The second-order valence-corrected chi connectivity index (χ2v) is 3.43. The molecule has 0 spiro atoms. The molecule has 2 aromatic rings. The van der Waals surface area contributed by atoms with Gasteiger partial charge in [0.1, 0.15) is 5.56 Å². The number of anilines is 2. The number of rotatable bonds is 1. The Kier molecular flexibility index (Phi) is 2.45.